The molecule has 0 spiro atoms. The normalized spacial score (nSPS) is 11.9. The van der Waals surface area contributed by atoms with E-state index >= 15 is 0 Å². The molecule has 0 N–H and O–H groups in total. The van der Waals surface area contributed by atoms with Crippen LogP contribution in [0.4, 0.5) is 0 Å². The molecule has 23 heavy (non-hydrogen) atoms. The third kappa shape index (κ3) is 3.01. The molecular weight excluding hydrogens is 278 g/mol. The van der Waals surface area contributed by atoms with Crippen molar-refractivity contribution in [1.29, 1.82) is 0 Å². The van der Waals surface area contributed by atoms with E-state index in [0.717, 1.165) is 11.4 Å². The van der Waals surface area contributed by atoms with E-state index in [1.54, 1.807) is 0 Å². The Hall–Kier alpha value is -2.15. The molecule has 0 bridgehead atoms. The lowest BCUT2D eigenvalue weighted by Crippen LogP contribution is -2.10. The molecule has 0 aliphatic heterocycles. The zero-order chi connectivity index (χ0) is 16.8. The maximum Gasteiger partial charge on any atom is 0.0711 e. The van der Waals surface area contributed by atoms with Gasteiger partial charge in [-0.1, -0.05) is 45.0 Å². The summed E-state index contributed by atoms with van der Waals surface area (Å²) in [5.74, 6) is 0. The quantitative estimate of drug-likeness (QED) is 0.527. The van der Waals surface area contributed by atoms with Crippen LogP contribution in [0.25, 0.3) is 22.0 Å². The van der Waals surface area contributed by atoms with Gasteiger partial charge in [-0.25, -0.2) is 0 Å². The van der Waals surface area contributed by atoms with Gasteiger partial charge in [-0.15, -0.1) is 0 Å². The fourth-order valence-corrected chi connectivity index (χ4v) is 2.98. The van der Waals surface area contributed by atoms with Crippen LogP contribution in [0.15, 0.2) is 42.5 Å². The first-order valence-electron chi connectivity index (χ1n) is 8.25. The number of pyridine rings is 1. The highest BCUT2D eigenvalue weighted by molar-refractivity contribution is 5.89. The lowest BCUT2D eigenvalue weighted by Gasteiger charge is -2.20. The molecule has 1 heterocycles. The summed E-state index contributed by atoms with van der Waals surface area (Å²) >= 11 is 0. The highest BCUT2D eigenvalue weighted by Crippen LogP contribution is 2.30. The van der Waals surface area contributed by atoms with Crippen molar-refractivity contribution in [2.24, 2.45) is 0 Å². The van der Waals surface area contributed by atoms with Crippen LogP contribution in [-0.2, 0) is 5.41 Å². The van der Waals surface area contributed by atoms with Gasteiger partial charge in [0.05, 0.1) is 5.69 Å². The molecule has 0 amide bonds. The highest BCUT2D eigenvalue weighted by Gasteiger charge is 2.15. The second-order valence-electron chi connectivity index (χ2n) is 7.58. The lowest BCUT2D eigenvalue weighted by atomic mass is 9.86. The first-order chi connectivity index (χ1) is 10.8. The van der Waals surface area contributed by atoms with Crippen molar-refractivity contribution in [3.05, 3.63) is 64.8 Å². The van der Waals surface area contributed by atoms with Crippen LogP contribution in [-0.4, -0.2) is 4.98 Å². The van der Waals surface area contributed by atoms with Crippen molar-refractivity contribution in [3.8, 4) is 11.3 Å². The molecular formula is C22H25N. The maximum absolute atomic E-state index is 4.87. The van der Waals surface area contributed by atoms with Crippen molar-refractivity contribution >= 4 is 10.8 Å². The smallest absolute Gasteiger partial charge is 0.0711 e. The first kappa shape index (κ1) is 15.7. The second-order valence-corrected chi connectivity index (χ2v) is 7.58. The van der Waals surface area contributed by atoms with E-state index in [1.807, 2.05) is 0 Å². The number of hydrogen-bond donors (Lipinski definition) is 0. The molecule has 1 nitrogen and oxygen atoms in total. The average molecular weight is 303 g/mol. The Morgan fingerprint density at radius 2 is 1.52 bits per heavy atom. The van der Waals surface area contributed by atoms with Crippen LogP contribution in [0, 0.1) is 20.8 Å². The third-order valence-corrected chi connectivity index (χ3v) is 4.66. The molecule has 0 saturated carbocycles. The van der Waals surface area contributed by atoms with Crippen LogP contribution in [0.2, 0.25) is 0 Å². The molecule has 0 unspecified atom stereocenters. The van der Waals surface area contributed by atoms with Gasteiger partial charge in [-0.3, -0.25) is 4.98 Å². The zero-order valence-corrected chi connectivity index (χ0v) is 15.0. The summed E-state index contributed by atoms with van der Waals surface area (Å²) in [7, 11) is 0. The fourth-order valence-electron chi connectivity index (χ4n) is 2.98. The van der Waals surface area contributed by atoms with Crippen LogP contribution in [0.5, 0.6) is 0 Å². The summed E-state index contributed by atoms with van der Waals surface area (Å²) < 4.78 is 0. The Morgan fingerprint density at radius 3 is 2.22 bits per heavy atom. The van der Waals surface area contributed by atoms with Crippen molar-refractivity contribution in [3.63, 3.8) is 0 Å². The van der Waals surface area contributed by atoms with E-state index in [1.165, 1.54) is 33.0 Å². The van der Waals surface area contributed by atoms with Gasteiger partial charge >= 0.3 is 0 Å². The average Bonchev–Trinajstić information content (AvgIpc) is 2.48. The van der Waals surface area contributed by atoms with Crippen LogP contribution in [0.1, 0.15) is 43.2 Å². The van der Waals surface area contributed by atoms with Gasteiger partial charge < -0.3 is 0 Å². The molecule has 3 rings (SSSR count). The van der Waals surface area contributed by atoms with E-state index in [0.29, 0.717) is 0 Å². The largest absolute Gasteiger partial charge is 0.252 e. The maximum atomic E-state index is 4.87. The van der Waals surface area contributed by atoms with Crippen molar-refractivity contribution < 1.29 is 0 Å². The molecule has 1 aromatic heterocycles. The van der Waals surface area contributed by atoms with Gasteiger partial charge in [0.1, 0.15) is 0 Å². The predicted molar refractivity (Wildman–Crippen MR) is 100 cm³/mol. The molecule has 2 aromatic carbocycles. The Bertz CT molecular complexity index is 882. The number of benzene rings is 2. The van der Waals surface area contributed by atoms with Crippen LogP contribution in [0.3, 0.4) is 0 Å². The van der Waals surface area contributed by atoms with E-state index in [4.69, 9.17) is 4.98 Å². The van der Waals surface area contributed by atoms with Gasteiger partial charge in [0.2, 0.25) is 0 Å². The van der Waals surface area contributed by atoms with Gasteiger partial charge in [0.25, 0.3) is 0 Å². The molecule has 0 fully saturated rings. The summed E-state index contributed by atoms with van der Waals surface area (Å²) in [5.41, 5.74) is 7.50. The monoisotopic (exact) mass is 303 g/mol. The molecule has 118 valence electrons. The summed E-state index contributed by atoms with van der Waals surface area (Å²) in [5, 5.41) is 2.53. The van der Waals surface area contributed by atoms with Gasteiger partial charge in [-0.05, 0) is 66.5 Å². The lowest BCUT2D eigenvalue weighted by molar-refractivity contribution is 0.590. The summed E-state index contributed by atoms with van der Waals surface area (Å²) in [6.45, 7) is 13.2. The SMILES string of the molecule is Cc1cc2cc(-c3cccc(C(C)(C)C)c3)nc(C)c2cc1C. The van der Waals surface area contributed by atoms with E-state index < -0.39 is 0 Å². The molecule has 3 aromatic rings. The van der Waals surface area contributed by atoms with Crippen molar-refractivity contribution in [2.45, 2.75) is 47.0 Å². The summed E-state index contributed by atoms with van der Waals surface area (Å²) in [6, 6.07) is 15.5. The zero-order valence-electron chi connectivity index (χ0n) is 15.0. The number of aromatic nitrogens is 1. The highest BCUT2D eigenvalue weighted by atomic mass is 14.7. The van der Waals surface area contributed by atoms with Crippen molar-refractivity contribution in [1.82, 2.24) is 4.98 Å². The number of fused-ring (bicyclic) bond motifs is 1. The standard InChI is InChI=1S/C22H25N/c1-14-10-18-13-21(23-16(3)20(18)11-15(14)2)17-8-7-9-19(12-17)22(4,5)6/h7-13H,1-6H3. The van der Waals surface area contributed by atoms with Gasteiger partial charge in [0.15, 0.2) is 0 Å². The molecule has 0 aliphatic rings. The number of hydrogen-bond acceptors (Lipinski definition) is 1. The second kappa shape index (κ2) is 5.49. The molecule has 0 aliphatic carbocycles. The molecule has 0 radical (unpaired) electrons. The molecule has 0 atom stereocenters. The van der Waals surface area contributed by atoms with E-state index in [2.05, 4.69) is 84.0 Å². The van der Waals surface area contributed by atoms with Crippen LogP contribution < -0.4 is 0 Å². The van der Waals surface area contributed by atoms with Crippen LogP contribution >= 0.6 is 0 Å². The summed E-state index contributed by atoms with van der Waals surface area (Å²) in [6.07, 6.45) is 0. The minimum absolute atomic E-state index is 0.148. The minimum atomic E-state index is 0.148. The van der Waals surface area contributed by atoms with E-state index in [-0.39, 0.29) is 5.41 Å². The van der Waals surface area contributed by atoms with E-state index in [9.17, 15) is 0 Å². The molecule has 1 heteroatoms. The number of aryl methyl sites for hydroxylation is 3. The number of rotatable bonds is 1. The summed E-state index contributed by atoms with van der Waals surface area (Å²) in [4.78, 5) is 4.87. The molecule has 0 saturated heterocycles. The topological polar surface area (TPSA) is 12.9 Å². The van der Waals surface area contributed by atoms with Gasteiger partial charge in [0, 0.05) is 16.6 Å². The fraction of sp³-hybridized carbons (Fsp3) is 0.318. The Balaban J connectivity index is 2.19. The Kier molecular flexibility index (Phi) is 3.75. The minimum Gasteiger partial charge on any atom is -0.252 e. The Labute approximate surface area is 139 Å². The predicted octanol–water partition coefficient (Wildman–Crippen LogP) is 6.12. The van der Waals surface area contributed by atoms with Crippen molar-refractivity contribution in [2.75, 3.05) is 0 Å². The first-order valence-corrected chi connectivity index (χ1v) is 8.25. The third-order valence-electron chi connectivity index (χ3n) is 4.66. The Morgan fingerprint density at radius 1 is 0.826 bits per heavy atom. The van der Waals surface area contributed by atoms with Gasteiger partial charge in [-0.2, -0.15) is 0 Å². The number of nitrogens with zero attached hydrogens (tertiary/aromatic N) is 1.